The smallest absolute Gasteiger partial charge is 0.128 e. The van der Waals surface area contributed by atoms with Gasteiger partial charge in [-0.3, -0.25) is 0 Å². The lowest BCUT2D eigenvalue weighted by Crippen LogP contribution is -2.09. The highest BCUT2D eigenvalue weighted by Crippen LogP contribution is 2.27. The fourth-order valence-corrected chi connectivity index (χ4v) is 2.88. The van der Waals surface area contributed by atoms with E-state index in [-0.39, 0.29) is 0 Å². The molecule has 3 rings (SSSR count). The average Bonchev–Trinajstić information content (AvgIpc) is 3.12. The van der Waals surface area contributed by atoms with Gasteiger partial charge in [-0.15, -0.1) is 0 Å². The summed E-state index contributed by atoms with van der Waals surface area (Å²) in [6.07, 6.45) is 7.18. The van der Waals surface area contributed by atoms with Crippen LogP contribution in [0.4, 0.5) is 0 Å². The molecule has 1 saturated heterocycles. The fraction of sp³-hybridized carbons (Fsp3) is 0.529. The summed E-state index contributed by atoms with van der Waals surface area (Å²) in [4.78, 5) is 0. The van der Waals surface area contributed by atoms with E-state index in [1.165, 1.54) is 23.7 Å². The summed E-state index contributed by atoms with van der Waals surface area (Å²) in [5.74, 6) is 1.00. The third-order valence-electron chi connectivity index (χ3n) is 3.95. The first-order chi connectivity index (χ1) is 9.88. The van der Waals surface area contributed by atoms with Gasteiger partial charge in [0.1, 0.15) is 5.75 Å². The van der Waals surface area contributed by atoms with Gasteiger partial charge in [0.25, 0.3) is 0 Å². The Morgan fingerprint density at radius 1 is 1.35 bits per heavy atom. The molecule has 0 bridgehead atoms. The summed E-state index contributed by atoms with van der Waals surface area (Å²) in [5.41, 5.74) is 1.26. The predicted octanol–water partition coefficient (Wildman–Crippen LogP) is 4.00. The number of hydrogen-bond acceptors (Lipinski definition) is 2. The molecule has 0 aliphatic carbocycles. The number of benzene rings is 1. The normalized spacial score (nSPS) is 18.8. The fourth-order valence-electron chi connectivity index (χ4n) is 2.88. The van der Waals surface area contributed by atoms with Crippen molar-refractivity contribution in [2.24, 2.45) is 0 Å². The average molecular weight is 273 g/mol. The van der Waals surface area contributed by atoms with Gasteiger partial charge in [0.15, 0.2) is 0 Å². The van der Waals surface area contributed by atoms with E-state index in [1.54, 1.807) is 0 Å². The molecular formula is C17H23NO2. The van der Waals surface area contributed by atoms with Gasteiger partial charge < -0.3 is 14.0 Å². The van der Waals surface area contributed by atoms with E-state index >= 15 is 0 Å². The Kier molecular flexibility index (Phi) is 4.26. The molecule has 0 N–H and O–H groups in total. The first kappa shape index (κ1) is 13.5. The first-order valence-corrected chi connectivity index (χ1v) is 7.70. The second-order valence-electron chi connectivity index (χ2n) is 5.47. The highest BCUT2D eigenvalue weighted by atomic mass is 16.5. The van der Waals surface area contributed by atoms with Crippen molar-refractivity contribution in [2.75, 3.05) is 13.2 Å². The minimum Gasteiger partial charge on any atom is -0.493 e. The molecule has 3 nitrogen and oxygen atoms in total. The van der Waals surface area contributed by atoms with E-state index in [4.69, 9.17) is 9.47 Å². The van der Waals surface area contributed by atoms with E-state index in [0.29, 0.717) is 6.10 Å². The Labute approximate surface area is 120 Å². The molecule has 0 spiro atoms. The van der Waals surface area contributed by atoms with Crippen LogP contribution in [0.2, 0.25) is 0 Å². The number of rotatable bonds is 6. The van der Waals surface area contributed by atoms with Gasteiger partial charge >= 0.3 is 0 Å². The zero-order valence-electron chi connectivity index (χ0n) is 12.2. The lowest BCUT2D eigenvalue weighted by molar-refractivity contribution is 0.101. The molecule has 1 aliphatic heterocycles. The summed E-state index contributed by atoms with van der Waals surface area (Å²) in [6.45, 7) is 4.87. The third kappa shape index (κ3) is 2.83. The van der Waals surface area contributed by atoms with Gasteiger partial charge in [-0.05, 0) is 43.9 Å². The molecule has 20 heavy (non-hydrogen) atoms. The summed E-state index contributed by atoms with van der Waals surface area (Å²) >= 11 is 0. The Morgan fingerprint density at radius 3 is 3.10 bits per heavy atom. The molecule has 0 radical (unpaired) electrons. The van der Waals surface area contributed by atoms with Crippen LogP contribution in [0.5, 0.6) is 5.75 Å². The van der Waals surface area contributed by atoms with E-state index in [0.717, 1.165) is 38.3 Å². The molecule has 2 heterocycles. The van der Waals surface area contributed by atoms with Crippen molar-refractivity contribution >= 4 is 10.9 Å². The first-order valence-electron chi connectivity index (χ1n) is 7.70. The van der Waals surface area contributed by atoms with Crippen molar-refractivity contribution in [3.8, 4) is 5.75 Å². The molecule has 0 saturated carbocycles. The second-order valence-corrected chi connectivity index (χ2v) is 5.47. The van der Waals surface area contributed by atoms with Crippen molar-refractivity contribution in [1.82, 2.24) is 4.57 Å². The van der Waals surface area contributed by atoms with Gasteiger partial charge in [-0.25, -0.2) is 0 Å². The number of aryl methyl sites for hydroxylation is 1. The molecule has 108 valence electrons. The molecule has 2 aromatic rings. The van der Waals surface area contributed by atoms with Crippen molar-refractivity contribution in [3.63, 3.8) is 0 Å². The quantitative estimate of drug-likeness (QED) is 0.794. The van der Waals surface area contributed by atoms with E-state index in [9.17, 15) is 0 Å². The van der Waals surface area contributed by atoms with Gasteiger partial charge in [-0.2, -0.15) is 0 Å². The number of hydrogen-bond donors (Lipinski definition) is 0. The van der Waals surface area contributed by atoms with Crippen molar-refractivity contribution in [2.45, 2.75) is 45.3 Å². The predicted molar refractivity (Wildman–Crippen MR) is 81.3 cm³/mol. The Balaban J connectivity index is 1.74. The molecule has 3 heteroatoms. The van der Waals surface area contributed by atoms with Crippen molar-refractivity contribution in [3.05, 3.63) is 30.5 Å². The highest BCUT2D eigenvalue weighted by Gasteiger charge is 2.15. The molecule has 1 unspecified atom stereocenters. The van der Waals surface area contributed by atoms with Crippen LogP contribution in [-0.4, -0.2) is 23.9 Å². The van der Waals surface area contributed by atoms with Crippen molar-refractivity contribution in [1.29, 1.82) is 0 Å². The number of fused-ring (bicyclic) bond motifs is 1. The van der Waals surface area contributed by atoms with Crippen LogP contribution in [-0.2, 0) is 11.3 Å². The monoisotopic (exact) mass is 273 g/mol. The molecule has 1 aliphatic rings. The van der Waals surface area contributed by atoms with Crippen molar-refractivity contribution < 1.29 is 9.47 Å². The number of ether oxygens (including phenoxy) is 2. The summed E-state index contributed by atoms with van der Waals surface area (Å²) in [6, 6.07) is 8.47. The molecule has 1 fully saturated rings. The van der Waals surface area contributed by atoms with Gasteiger partial charge in [0.05, 0.1) is 18.2 Å². The SMILES string of the molecule is CCCOc1cccc2c1ccn2CCC1CCCO1. The lowest BCUT2D eigenvalue weighted by atomic mass is 10.2. The summed E-state index contributed by atoms with van der Waals surface area (Å²) in [5, 5.41) is 1.22. The maximum absolute atomic E-state index is 5.82. The van der Waals surface area contributed by atoms with Gasteiger partial charge in [0, 0.05) is 24.7 Å². The minimum absolute atomic E-state index is 0.451. The van der Waals surface area contributed by atoms with Crippen LogP contribution in [0.25, 0.3) is 10.9 Å². The molecule has 0 amide bonds. The Hall–Kier alpha value is -1.48. The van der Waals surface area contributed by atoms with Crippen LogP contribution in [0.1, 0.15) is 32.6 Å². The number of nitrogens with zero attached hydrogens (tertiary/aromatic N) is 1. The molecule has 1 aromatic carbocycles. The molecular weight excluding hydrogens is 250 g/mol. The van der Waals surface area contributed by atoms with Gasteiger partial charge in [-0.1, -0.05) is 13.0 Å². The summed E-state index contributed by atoms with van der Waals surface area (Å²) < 4.78 is 13.8. The van der Waals surface area contributed by atoms with E-state index in [1.807, 2.05) is 0 Å². The standard InChI is InChI=1S/C17H23NO2/c1-2-12-20-17-7-3-6-16-15(17)9-11-18(16)10-8-14-5-4-13-19-14/h3,6-7,9,11,14H,2,4-5,8,10,12-13H2,1H3. The van der Waals surface area contributed by atoms with Crippen LogP contribution in [0.3, 0.4) is 0 Å². The van der Waals surface area contributed by atoms with E-state index in [2.05, 4.69) is 42.0 Å². The zero-order valence-corrected chi connectivity index (χ0v) is 12.2. The maximum atomic E-state index is 5.82. The Morgan fingerprint density at radius 2 is 2.30 bits per heavy atom. The largest absolute Gasteiger partial charge is 0.493 e. The summed E-state index contributed by atoms with van der Waals surface area (Å²) in [7, 11) is 0. The molecule has 1 aromatic heterocycles. The highest BCUT2D eigenvalue weighted by molar-refractivity contribution is 5.86. The van der Waals surface area contributed by atoms with Crippen LogP contribution in [0.15, 0.2) is 30.5 Å². The Bertz CT molecular complexity index is 555. The topological polar surface area (TPSA) is 23.4 Å². The van der Waals surface area contributed by atoms with E-state index < -0.39 is 0 Å². The van der Waals surface area contributed by atoms with Crippen LogP contribution < -0.4 is 4.74 Å². The third-order valence-corrected chi connectivity index (χ3v) is 3.95. The second kappa shape index (κ2) is 6.31. The lowest BCUT2D eigenvalue weighted by Gasteiger charge is -2.11. The van der Waals surface area contributed by atoms with Crippen LogP contribution in [0, 0.1) is 0 Å². The molecule has 1 atom stereocenters. The maximum Gasteiger partial charge on any atom is 0.128 e. The number of aromatic nitrogens is 1. The van der Waals surface area contributed by atoms with Crippen LogP contribution >= 0.6 is 0 Å². The zero-order chi connectivity index (χ0) is 13.8. The van der Waals surface area contributed by atoms with Gasteiger partial charge in [0.2, 0.25) is 0 Å². The minimum atomic E-state index is 0.451.